The fourth-order valence-corrected chi connectivity index (χ4v) is 15.7. The molecule has 3 aromatic heterocycles. The lowest BCUT2D eigenvalue weighted by Gasteiger charge is -2.21. The van der Waals surface area contributed by atoms with Crippen LogP contribution in [-0.4, -0.2) is 19.3 Å². The van der Waals surface area contributed by atoms with E-state index in [0.717, 1.165) is 97.9 Å². The number of para-hydroxylation sites is 2. The van der Waals surface area contributed by atoms with Gasteiger partial charge in [0.25, 0.3) is 0 Å². The molecule has 0 saturated heterocycles. The van der Waals surface area contributed by atoms with E-state index in [1.807, 2.05) is 170 Å². The maximum atomic E-state index is 15.5. The van der Waals surface area contributed by atoms with Gasteiger partial charge in [0.05, 0.1) is 22.1 Å². The summed E-state index contributed by atoms with van der Waals surface area (Å²) in [4.78, 5) is 0. The van der Waals surface area contributed by atoms with Crippen LogP contribution in [0, 0.1) is 0 Å². The molecule has 338 valence electrons. The van der Waals surface area contributed by atoms with E-state index in [1.165, 1.54) is 0 Å². The molecule has 71 heavy (non-hydrogen) atoms. The van der Waals surface area contributed by atoms with Gasteiger partial charge in [0, 0.05) is 75.9 Å². The van der Waals surface area contributed by atoms with Crippen molar-refractivity contribution in [2.45, 2.75) is 0 Å². The Balaban J connectivity index is 0.914. The fourth-order valence-electron chi connectivity index (χ4n) is 10.3. The van der Waals surface area contributed by atoms with Gasteiger partial charge in [-0.1, -0.05) is 194 Å². The molecule has 0 aliphatic carbocycles. The normalized spacial score (nSPS) is 12.1. The van der Waals surface area contributed by atoms with Crippen LogP contribution >= 0.6 is 14.3 Å². The van der Waals surface area contributed by atoms with Crippen LogP contribution < -0.4 is 31.8 Å². The average Bonchev–Trinajstić information content (AvgIpc) is 4.17. The third-order valence-electron chi connectivity index (χ3n) is 13.6. The largest absolute Gasteiger partial charge is 0.416 e. The topological polar surface area (TPSA) is 82.9 Å². The van der Waals surface area contributed by atoms with Crippen LogP contribution in [0.4, 0.5) is 0 Å². The number of hydrogen-bond acceptors (Lipinski definition) is 5. The van der Waals surface area contributed by atoms with Gasteiger partial charge >= 0.3 is 0 Å². The smallest absolute Gasteiger partial charge is 0.248 e. The van der Waals surface area contributed by atoms with E-state index >= 15 is 9.13 Å². The molecule has 9 heteroatoms. The summed E-state index contributed by atoms with van der Waals surface area (Å²) >= 11 is 0. The van der Waals surface area contributed by atoms with Crippen molar-refractivity contribution in [3.05, 3.63) is 255 Å². The molecule has 0 spiro atoms. The van der Waals surface area contributed by atoms with Crippen LogP contribution in [0.3, 0.4) is 0 Å². The van der Waals surface area contributed by atoms with Crippen molar-refractivity contribution in [2.24, 2.45) is 0 Å². The summed E-state index contributed by atoms with van der Waals surface area (Å²) in [5.41, 5.74) is 7.26. The second-order valence-electron chi connectivity index (χ2n) is 17.7. The number of benzene rings is 10. The van der Waals surface area contributed by atoms with Gasteiger partial charge in [0.2, 0.25) is 11.8 Å². The van der Waals surface area contributed by atoms with Crippen molar-refractivity contribution in [2.75, 3.05) is 0 Å². The molecule has 0 bridgehead atoms. The van der Waals surface area contributed by atoms with Crippen LogP contribution in [0.15, 0.2) is 259 Å². The van der Waals surface area contributed by atoms with Crippen molar-refractivity contribution in [1.29, 1.82) is 0 Å². The molecule has 0 radical (unpaired) electrons. The van der Waals surface area contributed by atoms with Crippen LogP contribution in [-0.2, 0) is 9.13 Å². The molecular weight excluding hydrogens is 911 g/mol. The molecule has 13 aromatic rings. The third-order valence-corrected chi connectivity index (χ3v) is 19.8. The number of fused-ring (bicyclic) bond motifs is 6. The van der Waals surface area contributed by atoms with Gasteiger partial charge in [-0.2, -0.15) is 0 Å². The molecule has 7 nitrogen and oxygen atoms in total. The molecule has 10 aromatic carbocycles. The van der Waals surface area contributed by atoms with E-state index in [4.69, 9.17) is 4.42 Å². The second kappa shape index (κ2) is 17.1. The second-order valence-corrected chi connectivity index (χ2v) is 23.2. The minimum absolute atomic E-state index is 0.385. The molecule has 13 rings (SSSR count). The molecular formula is C62H42N4O3P2. The predicted octanol–water partition coefficient (Wildman–Crippen LogP) is 12.9. The summed E-state index contributed by atoms with van der Waals surface area (Å²) in [6.45, 7) is 0. The maximum absolute atomic E-state index is 15.5. The molecule has 0 atom stereocenters. The van der Waals surface area contributed by atoms with Gasteiger partial charge in [0.15, 0.2) is 14.3 Å². The summed E-state index contributed by atoms with van der Waals surface area (Å²) in [5, 5.41) is 18.2. The van der Waals surface area contributed by atoms with E-state index in [9.17, 15) is 0 Å². The van der Waals surface area contributed by atoms with Crippen LogP contribution in [0.25, 0.3) is 77.9 Å². The highest BCUT2D eigenvalue weighted by molar-refractivity contribution is 7.85. The standard InChI is InChI=1S/C62H42N4O3P2/c67-70(47-21-5-1-6-22-47,48-23-7-2-8-24-48)51-29-17-19-45(41-51)65-57-33-15-13-31-53(57)55-37-35-43(39-59(55)65)61-63-64-62(69-61)44-36-38-56-54-32-14-16-34-58(54)66(60(56)40-44)46-20-18-30-52(42-46)71(68,49-25-9-3-10-26-49)50-27-11-4-12-28-50/h1-42H. The average molecular weight is 953 g/mol. The SMILES string of the molecule is O=P(c1ccccc1)(c1ccccc1)c1cccc(-n2c3ccccc3c3ccc(-c4nnc(-c5ccc6c7ccccc7n(-c7cccc(P(=O)(c8ccccc8)c8ccccc8)c7)c6c5)o4)cc32)c1. The van der Waals surface area contributed by atoms with E-state index in [2.05, 4.69) is 104 Å². The quantitative estimate of drug-likeness (QED) is 0.128. The van der Waals surface area contributed by atoms with Gasteiger partial charge in [-0.25, -0.2) is 0 Å². The van der Waals surface area contributed by atoms with Crippen molar-refractivity contribution in [3.63, 3.8) is 0 Å². The molecule has 0 saturated carbocycles. The van der Waals surface area contributed by atoms with Crippen molar-refractivity contribution in [1.82, 2.24) is 19.3 Å². The third kappa shape index (κ3) is 6.96. The zero-order valence-electron chi connectivity index (χ0n) is 38.2. The summed E-state index contributed by atoms with van der Waals surface area (Å²) < 4.78 is 42.1. The van der Waals surface area contributed by atoms with E-state index in [0.29, 0.717) is 11.8 Å². The predicted molar refractivity (Wildman–Crippen MR) is 293 cm³/mol. The van der Waals surface area contributed by atoms with Gasteiger partial charge in [-0.15, -0.1) is 10.2 Å². The van der Waals surface area contributed by atoms with Crippen molar-refractivity contribution < 1.29 is 13.5 Å². The van der Waals surface area contributed by atoms with E-state index in [-0.39, 0.29) is 0 Å². The van der Waals surface area contributed by atoms with Crippen LogP contribution in [0.5, 0.6) is 0 Å². The minimum atomic E-state index is -3.25. The first-order chi connectivity index (χ1) is 35.0. The minimum Gasteiger partial charge on any atom is -0.416 e. The first-order valence-electron chi connectivity index (χ1n) is 23.5. The Morgan fingerprint density at radius 2 is 0.620 bits per heavy atom. The van der Waals surface area contributed by atoms with Crippen molar-refractivity contribution in [3.8, 4) is 34.3 Å². The molecule has 0 N–H and O–H groups in total. The Labute approximate surface area is 409 Å². The first-order valence-corrected chi connectivity index (χ1v) is 26.9. The lowest BCUT2D eigenvalue weighted by molar-refractivity contribution is 0.584. The zero-order chi connectivity index (χ0) is 47.5. The monoisotopic (exact) mass is 952 g/mol. The van der Waals surface area contributed by atoms with Gasteiger partial charge in [-0.05, 0) is 60.7 Å². The van der Waals surface area contributed by atoms with E-state index < -0.39 is 14.3 Å². The van der Waals surface area contributed by atoms with Gasteiger partial charge in [0.1, 0.15) is 0 Å². The van der Waals surface area contributed by atoms with Crippen LogP contribution in [0.1, 0.15) is 0 Å². The molecule has 0 aliphatic rings. The zero-order valence-corrected chi connectivity index (χ0v) is 39.9. The summed E-state index contributed by atoms with van der Waals surface area (Å²) in [5.74, 6) is 0.770. The molecule has 0 amide bonds. The highest BCUT2D eigenvalue weighted by Gasteiger charge is 2.32. The molecule has 3 heterocycles. The molecule has 0 fully saturated rings. The fraction of sp³-hybridized carbons (Fsp3) is 0. The Bertz CT molecular complexity index is 3880. The van der Waals surface area contributed by atoms with Gasteiger partial charge < -0.3 is 22.7 Å². The highest BCUT2D eigenvalue weighted by atomic mass is 31.2. The number of aromatic nitrogens is 4. The number of nitrogens with zero attached hydrogens (tertiary/aromatic N) is 4. The molecule has 0 aliphatic heterocycles. The Morgan fingerprint density at radius 3 is 1.00 bits per heavy atom. The Kier molecular flexibility index (Phi) is 10.2. The number of hydrogen-bond donors (Lipinski definition) is 0. The highest BCUT2D eigenvalue weighted by Crippen LogP contribution is 2.45. The lowest BCUT2D eigenvalue weighted by atomic mass is 10.1. The van der Waals surface area contributed by atoms with Gasteiger partial charge in [-0.3, -0.25) is 0 Å². The molecule has 0 unspecified atom stereocenters. The van der Waals surface area contributed by atoms with E-state index in [1.54, 1.807) is 0 Å². The van der Waals surface area contributed by atoms with Crippen LogP contribution in [0.2, 0.25) is 0 Å². The Morgan fingerprint density at radius 1 is 0.296 bits per heavy atom. The Hall–Kier alpha value is -8.60. The summed E-state index contributed by atoms with van der Waals surface area (Å²) in [6, 6.07) is 84.6. The number of rotatable bonds is 10. The first kappa shape index (κ1) is 42.5. The van der Waals surface area contributed by atoms with Crippen molar-refractivity contribution >= 4 is 89.7 Å². The lowest BCUT2D eigenvalue weighted by Crippen LogP contribution is -2.25. The maximum Gasteiger partial charge on any atom is 0.248 e. The summed E-state index contributed by atoms with van der Waals surface area (Å²) in [7, 11) is -6.49. The summed E-state index contributed by atoms with van der Waals surface area (Å²) in [6.07, 6.45) is 0.